The summed E-state index contributed by atoms with van der Waals surface area (Å²) in [6.07, 6.45) is 4.88. The highest BCUT2D eigenvalue weighted by molar-refractivity contribution is 5.74. The van der Waals surface area contributed by atoms with E-state index >= 15 is 0 Å². The van der Waals surface area contributed by atoms with Crippen LogP contribution in [0.25, 0.3) is 11.1 Å². The first-order chi connectivity index (χ1) is 9.67. The smallest absolute Gasteiger partial charge is 0.165 e. The SMILES string of the molecule is C=CCc1ccc(-c2ccc(CC=C)c(O)c2O)cc1. The molecule has 0 bridgehead atoms. The number of allylic oxidation sites excluding steroid dienone is 2. The van der Waals surface area contributed by atoms with E-state index in [1.54, 1.807) is 6.08 Å². The summed E-state index contributed by atoms with van der Waals surface area (Å²) in [6, 6.07) is 11.5. The van der Waals surface area contributed by atoms with Crippen molar-refractivity contribution in [2.75, 3.05) is 0 Å². The lowest BCUT2D eigenvalue weighted by molar-refractivity contribution is 0.401. The standard InChI is InChI=1S/C18H18O2/c1-3-5-13-7-9-14(10-8-13)16-12-11-15(6-4-2)17(19)18(16)20/h3-4,7-12,19-20H,1-2,5-6H2. The quantitative estimate of drug-likeness (QED) is 0.628. The van der Waals surface area contributed by atoms with Crippen molar-refractivity contribution in [2.45, 2.75) is 12.8 Å². The molecular formula is C18H18O2. The number of benzene rings is 2. The molecule has 2 rings (SSSR count). The summed E-state index contributed by atoms with van der Waals surface area (Å²) >= 11 is 0. The van der Waals surface area contributed by atoms with Crippen molar-refractivity contribution < 1.29 is 10.2 Å². The van der Waals surface area contributed by atoms with E-state index in [0.717, 1.165) is 17.5 Å². The van der Waals surface area contributed by atoms with Gasteiger partial charge in [-0.15, -0.1) is 13.2 Å². The summed E-state index contributed by atoms with van der Waals surface area (Å²) in [5.74, 6) is -0.154. The molecule has 0 aromatic heterocycles. The molecule has 0 aliphatic carbocycles. The van der Waals surface area contributed by atoms with E-state index in [4.69, 9.17) is 0 Å². The van der Waals surface area contributed by atoms with E-state index in [0.29, 0.717) is 17.5 Å². The van der Waals surface area contributed by atoms with Gasteiger partial charge >= 0.3 is 0 Å². The molecule has 20 heavy (non-hydrogen) atoms. The van der Waals surface area contributed by atoms with Gasteiger partial charge in [0.25, 0.3) is 0 Å². The van der Waals surface area contributed by atoms with Crippen LogP contribution in [-0.2, 0) is 12.8 Å². The molecule has 0 atom stereocenters. The van der Waals surface area contributed by atoms with Gasteiger partial charge in [-0.1, -0.05) is 48.6 Å². The van der Waals surface area contributed by atoms with E-state index in [1.165, 1.54) is 0 Å². The third-order valence-electron chi connectivity index (χ3n) is 3.24. The molecule has 0 fully saturated rings. The largest absolute Gasteiger partial charge is 0.504 e. The number of rotatable bonds is 5. The Bertz CT molecular complexity index is 625. The third kappa shape index (κ3) is 2.75. The van der Waals surface area contributed by atoms with Gasteiger partial charge in [0.05, 0.1) is 0 Å². The lowest BCUT2D eigenvalue weighted by Crippen LogP contribution is -1.87. The molecule has 0 spiro atoms. The Kier molecular flexibility index (Phi) is 4.26. The molecule has 2 nitrogen and oxygen atoms in total. The highest BCUT2D eigenvalue weighted by atomic mass is 16.3. The number of hydrogen-bond donors (Lipinski definition) is 2. The first-order valence-electron chi connectivity index (χ1n) is 6.52. The van der Waals surface area contributed by atoms with Crippen LogP contribution in [-0.4, -0.2) is 10.2 Å². The average Bonchev–Trinajstić information content (AvgIpc) is 2.46. The Morgan fingerprint density at radius 1 is 0.800 bits per heavy atom. The average molecular weight is 266 g/mol. The van der Waals surface area contributed by atoms with Crippen molar-refractivity contribution >= 4 is 0 Å². The molecule has 2 aromatic rings. The summed E-state index contributed by atoms with van der Waals surface area (Å²) in [5.41, 5.74) is 3.33. The fourth-order valence-corrected chi connectivity index (χ4v) is 2.16. The number of phenolic OH excluding ortho intramolecular Hbond substituents is 2. The fourth-order valence-electron chi connectivity index (χ4n) is 2.16. The summed E-state index contributed by atoms with van der Waals surface area (Å²) in [7, 11) is 0. The molecule has 0 aliphatic heterocycles. The Balaban J connectivity index is 2.39. The normalized spacial score (nSPS) is 10.2. The highest BCUT2D eigenvalue weighted by Crippen LogP contribution is 2.39. The summed E-state index contributed by atoms with van der Waals surface area (Å²) < 4.78 is 0. The molecule has 2 heteroatoms. The second-order valence-corrected chi connectivity index (χ2v) is 4.65. The monoisotopic (exact) mass is 266 g/mol. The van der Waals surface area contributed by atoms with Crippen LogP contribution in [0.15, 0.2) is 61.7 Å². The predicted octanol–water partition coefficient (Wildman–Crippen LogP) is 4.22. The van der Waals surface area contributed by atoms with Crippen molar-refractivity contribution in [3.05, 3.63) is 72.8 Å². The Morgan fingerprint density at radius 3 is 2.05 bits per heavy atom. The molecule has 0 radical (unpaired) electrons. The summed E-state index contributed by atoms with van der Waals surface area (Å²) in [5, 5.41) is 20.1. The zero-order valence-electron chi connectivity index (χ0n) is 11.3. The van der Waals surface area contributed by atoms with Gasteiger partial charge in [-0.25, -0.2) is 0 Å². The minimum atomic E-state index is -0.0826. The van der Waals surface area contributed by atoms with E-state index in [9.17, 15) is 10.2 Å². The maximum Gasteiger partial charge on any atom is 0.165 e. The van der Waals surface area contributed by atoms with Crippen molar-refractivity contribution in [1.82, 2.24) is 0 Å². The molecule has 0 amide bonds. The van der Waals surface area contributed by atoms with Crippen molar-refractivity contribution in [3.63, 3.8) is 0 Å². The molecule has 2 N–H and O–H groups in total. The lowest BCUT2D eigenvalue weighted by atomic mass is 9.99. The fraction of sp³-hybridized carbons (Fsp3) is 0.111. The zero-order valence-corrected chi connectivity index (χ0v) is 11.3. The number of aromatic hydroxyl groups is 2. The molecule has 0 aliphatic rings. The first kappa shape index (κ1) is 13.9. The van der Waals surface area contributed by atoms with Crippen LogP contribution in [0.1, 0.15) is 11.1 Å². The molecule has 102 valence electrons. The van der Waals surface area contributed by atoms with E-state index < -0.39 is 0 Å². The van der Waals surface area contributed by atoms with Crippen LogP contribution in [0.5, 0.6) is 11.5 Å². The first-order valence-corrected chi connectivity index (χ1v) is 6.52. The molecule has 2 aromatic carbocycles. The van der Waals surface area contributed by atoms with E-state index in [-0.39, 0.29) is 11.5 Å². The van der Waals surface area contributed by atoms with Crippen LogP contribution in [0.2, 0.25) is 0 Å². The van der Waals surface area contributed by atoms with Crippen LogP contribution < -0.4 is 0 Å². The van der Waals surface area contributed by atoms with Gasteiger partial charge in [0.15, 0.2) is 11.5 Å². The van der Waals surface area contributed by atoms with Gasteiger partial charge < -0.3 is 10.2 Å². The number of phenols is 2. The van der Waals surface area contributed by atoms with E-state index in [2.05, 4.69) is 13.2 Å². The molecule has 0 saturated heterocycles. The predicted molar refractivity (Wildman–Crippen MR) is 83.0 cm³/mol. The minimum Gasteiger partial charge on any atom is -0.504 e. The molecule has 0 saturated carbocycles. The Hall–Kier alpha value is -2.48. The lowest BCUT2D eigenvalue weighted by Gasteiger charge is -2.10. The second-order valence-electron chi connectivity index (χ2n) is 4.65. The maximum absolute atomic E-state index is 10.1. The van der Waals surface area contributed by atoms with Gasteiger partial charge in [-0.2, -0.15) is 0 Å². The Labute approximate surface area is 119 Å². The Morgan fingerprint density at radius 2 is 1.45 bits per heavy atom. The van der Waals surface area contributed by atoms with Crippen molar-refractivity contribution in [3.8, 4) is 22.6 Å². The molecular weight excluding hydrogens is 248 g/mol. The number of hydrogen-bond acceptors (Lipinski definition) is 2. The van der Waals surface area contributed by atoms with Crippen LogP contribution in [0, 0.1) is 0 Å². The van der Waals surface area contributed by atoms with Crippen molar-refractivity contribution in [1.29, 1.82) is 0 Å². The van der Waals surface area contributed by atoms with Gasteiger partial charge in [0, 0.05) is 11.1 Å². The van der Waals surface area contributed by atoms with Gasteiger partial charge in [0.2, 0.25) is 0 Å². The summed E-state index contributed by atoms with van der Waals surface area (Å²) in [6.45, 7) is 7.34. The third-order valence-corrected chi connectivity index (χ3v) is 3.24. The van der Waals surface area contributed by atoms with Crippen LogP contribution in [0.3, 0.4) is 0 Å². The second kappa shape index (κ2) is 6.11. The van der Waals surface area contributed by atoms with Gasteiger partial charge in [-0.3, -0.25) is 0 Å². The molecule has 0 heterocycles. The van der Waals surface area contributed by atoms with Crippen LogP contribution in [0.4, 0.5) is 0 Å². The maximum atomic E-state index is 10.1. The highest BCUT2D eigenvalue weighted by Gasteiger charge is 2.12. The minimum absolute atomic E-state index is 0.0717. The van der Waals surface area contributed by atoms with Gasteiger partial charge in [0.1, 0.15) is 0 Å². The van der Waals surface area contributed by atoms with Gasteiger partial charge in [-0.05, 0) is 24.0 Å². The zero-order chi connectivity index (χ0) is 14.5. The van der Waals surface area contributed by atoms with E-state index in [1.807, 2.05) is 42.5 Å². The van der Waals surface area contributed by atoms with Crippen LogP contribution >= 0.6 is 0 Å². The molecule has 0 unspecified atom stereocenters. The summed E-state index contributed by atoms with van der Waals surface area (Å²) in [4.78, 5) is 0. The van der Waals surface area contributed by atoms with Crippen molar-refractivity contribution in [2.24, 2.45) is 0 Å². The topological polar surface area (TPSA) is 40.5 Å².